The number of carbonyl (C=O) groups is 1. The fourth-order valence-electron chi connectivity index (χ4n) is 0.859. The molecular formula is C9H9FO2S. The Labute approximate surface area is 80.1 Å². The van der Waals surface area contributed by atoms with E-state index in [1.54, 1.807) is 13.0 Å². The summed E-state index contributed by atoms with van der Waals surface area (Å²) in [6, 6.07) is 4.26. The summed E-state index contributed by atoms with van der Waals surface area (Å²) in [6.07, 6.45) is 0. The van der Waals surface area contributed by atoms with Crippen molar-refractivity contribution in [2.45, 2.75) is 11.8 Å². The molecular weight excluding hydrogens is 191 g/mol. The van der Waals surface area contributed by atoms with Crippen LogP contribution >= 0.6 is 11.8 Å². The molecule has 0 saturated heterocycles. The first-order valence-electron chi connectivity index (χ1n) is 3.65. The summed E-state index contributed by atoms with van der Waals surface area (Å²) in [5, 5.41) is -0.394. The maximum atomic E-state index is 12.6. The van der Waals surface area contributed by atoms with Gasteiger partial charge in [0, 0.05) is 4.90 Å². The van der Waals surface area contributed by atoms with Gasteiger partial charge in [0.15, 0.2) is 0 Å². The molecule has 0 bridgehead atoms. The Bertz CT molecular complexity index is 325. The first-order valence-corrected chi connectivity index (χ1v) is 4.47. The Hall–Kier alpha value is -1.03. The predicted molar refractivity (Wildman–Crippen MR) is 49.4 cm³/mol. The molecule has 0 amide bonds. The highest BCUT2D eigenvalue weighted by Gasteiger charge is 2.06. The highest BCUT2D eigenvalue weighted by atomic mass is 32.2. The molecule has 1 aromatic carbocycles. The molecule has 2 nitrogen and oxygen atoms in total. The van der Waals surface area contributed by atoms with Crippen LogP contribution < -0.4 is 0 Å². The van der Waals surface area contributed by atoms with Crippen LogP contribution in [0.5, 0.6) is 0 Å². The molecule has 70 valence electrons. The van der Waals surface area contributed by atoms with Gasteiger partial charge in [-0.3, -0.25) is 0 Å². The summed E-state index contributed by atoms with van der Waals surface area (Å²) in [5.41, 5.74) is 0.732. The minimum Gasteiger partial charge on any atom is -0.461 e. The van der Waals surface area contributed by atoms with Gasteiger partial charge in [0.05, 0.1) is 7.11 Å². The monoisotopic (exact) mass is 200 g/mol. The van der Waals surface area contributed by atoms with Crippen molar-refractivity contribution in [3.63, 3.8) is 0 Å². The zero-order valence-electron chi connectivity index (χ0n) is 7.33. The van der Waals surface area contributed by atoms with Crippen molar-refractivity contribution in [3.05, 3.63) is 29.6 Å². The van der Waals surface area contributed by atoms with Gasteiger partial charge in [-0.1, -0.05) is 0 Å². The van der Waals surface area contributed by atoms with Crippen LogP contribution in [0.1, 0.15) is 5.56 Å². The Morgan fingerprint density at radius 1 is 1.54 bits per heavy atom. The van der Waals surface area contributed by atoms with Crippen molar-refractivity contribution in [1.29, 1.82) is 0 Å². The number of halogens is 1. The van der Waals surface area contributed by atoms with E-state index >= 15 is 0 Å². The van der Waals surface area contributed by atoms with Crippen LogP contribution in [0.15, 0.2) is 23.1 Å². The van der Waals surface area contributed by atoms with E-state index in [0.29, 0.717) is 4.90 Å². The molecule has 0 unspecified atom stereocenters. The normalized spacial score (nSPS) is 9.77. The molecule has 13 heavy (non-hydrogen) atoms. The number of carbonyl (C=O) groups excluding carboxylic acids is 1. The number of benzene rings is 1. The molecule has 0 atom stereocenters. The number of rotatable bonds is 1. The second kappa shape index (κ2) is 4.28. The molecule has 0 fully saturated rings. The third-order valence-electron chi connectivity index (χ3n) is 1.50. The van der Waals surface area contributed by atoms with E-state index in [-0.39, 0.29) is 5.82 Å². The largest absolute Gasteiger partial charge is 0.461 e. The fourth-order valence-corrected chi connectivity index (χ4v) is 1.48. The van der Waals surface area contributed by atoms with Crippen LogP contribution in [-0.4, -0.2) is 12.4 Å². The number of aryl methyl sites for hydroxylation is 1. The van der Waals surface area contributed by atoms with Crippen LogP contribution in [0, 0.1) is 12.7 Å². The van der Waals surface area contributed by atoms with Crippen LogP contribution in [0.2, 0.25) is 0 Å². The summed E-state index contributed by atoms with van der Waals surface area (Å²) < 4.78 is 17.1. The average molecular weight is 200 g/mol. The third kappa shape index (κ3) is 2.73. The van der Waals surface area contributed by atoms with Gasteiger partial charge in [0.1, 0.15) is 5.82 Å². The molecule has 0 spiro atoms. The zero-order valence-corrected chi connectivity index (χ0v) is 8.15. The third-order valence-corrected chi connectivity index (χ3v) is 2.51. The van der Waals surface area contributed by atoms with Crippen molar-refractivity contribution in [2.24, 2.45) is 0 Å². The summed E-state index contributed by atoms with van der Waals surface area (Å²) >= 11 is 0.951. The SMILES string of the molecule is COC(=O)Sc1ccc(F)cc1C. The van der Waals surface area contributed by atoms with Gasteiger partial charge in [0.2, 0.25) is 0 Å². The highest BCUT2D eigenvalue weighted by Crippen LogP contribution is 2.24. The molecule has 0 aliphatic heterocycles. The second-order valence-corrected chi connectivity index (χ2v) is 3.44. The van der Waals surface area contributed by atoms with Crippen LogP contribution in [0.3, 0.4) is 0 Å². The molecule has 0 saturated carbocycles. The number of ether oxygens (including phenoxy) is 1. The minimum atomic E-state index is -0.394. The number of hydrogen-bond acceptors (Lipinski definition) is 3. The Balaban J connectivity index is 2.83. The van der Waals surface area contributed by atoms with E-state index in [1.807, 2.05) is 0 Å². The van der Waals surface area contributed by atoms with Crippen molar-refractivity contribution < 1.29 is 13.9 Å². The van der Waals surface area contributed by atoms with Crippen LogP contribution in [0.25, 0.3) is 0 Å². The van der Waals surface area contributed by atoms with Gasteiger partial charge in [-0.15, -0.1) is 0 Å². The lowest BCUT2D eigenvalue weighted by atomic mass is 10.2. The van der Waals surface area contributed by atoms with Crippen LogP contribution in [0.4, 0.5) is 9.18 Å². The Morgan fingerprint density at radius 3 is 2.77 bits per heavy atom. The van der Waals surface area contributed by atoms with Crippen LogP contribution in [-0.2, 0) is 4.74 Å². The van der Waals surface area contributed by atoms with Crippen molar-refractivity contribution >= 4 is 17.1 Å². The smallest absolute Gasteiger partial charge is 0.371 e. The molecule has 0 aromatic heterocycles. The minimum absolute atomic E-state index is 0.299. The first kappa shape index (κ1) is 10.1. The van der Waals surface area contributed by atoms with E-state index in [0.717, 1.165) is 17.3 Å². The Kier molecular flexibility index (Phi) is 3.31. The first-order chi connectivity index (χ1) is 6.13. The summed E-state index contributed by atoms with van der Waals surface area (Å²) in [5.74, 6) is -0.299. The van der Waals surface area contributed by atoms with E-state index in [2.05, 4.69) is 4.74 Å². The van der Waals surface area contributed by atoms with E-state index in [1.165, 1.54) is 19.2 Å². The molecule has 0 radical (unpaired) electrons. The summed E-state index contributed by atoms with van der Waals surface area (Å²) in [4.78, 5) is 11.6. The number of thioether (sulfide) groups is 1. The zero-order chi connectivity index (χ0) is 9.84. The van der Waals surface area contributed by atoms with Crippen molar-refractivity contribution in [2.75, 3.05) is 7.11 Å². The molecule has 4 heteroatoms. The number of hydrogen-bond donors (Lipinski definition) is 0. The fraction of sp³-hybridized carbons (Fsp3) is 0.222. The number of methoxy groups -OCH3 is 1. The lowest BCUT2D eigenvalue weighted by molar-refractivity contribution is 0.200. The standard InChI is InChI=1S/C9H9FO2S/c1-6-5-7(10)3-4-8(6)13-9(11)12-2/h3-5H,1-2H3. The maximum absolute atomic E-state index is 12.6. The molecule has 0 aliphatic rings. The average Bonchev–Trinajstić information content (AvgIpc) is 2.09. The maximum Gasteiger partial charge on any atom is 0.371 e. The quantitative estimate of drug-likeness (QED) is 0.515. The molecule has 0 heterocycles. The van der Waals surface area contributed by atoms with Crippen molar-refractivity contribution in [1.82, 2.24) is 0 Å². The van der Waals surface area contributed by atoms with Gasteiger partial charge >= 0.3 is 5.30 Å². The van der Waals surface area contributed by atoms with E-state index < -0.39 is 5.30 Å². The van der Waals surface area contributed by atoms with Gasteiger partial charge in [-0.2, -0.15) is 0 Å². The van der Waals surface area contributed by atoms with E-state index in [9.17, 15) is 9.18 Å². The molecule has 0 aliphatic carbocycles. The summed E-state index contributed by atoms with van der Waals surface area (Å²) in [6.45, 7) is 1.74. The lowest BCUT2D eigenvalue weighted by Gasteiger charge is -2.02. The van der Waals surface area contributed by atoms with Crippen molar-refractivity contribution in [3.8, 4) is 0 Å². The topological polar surface area (TPSA) is 26.3 Å². The molecule has 0 N–H and O–H groups in total. The van der Waals surface area contributed by atoms with Gasteiger partial charge in [-0.25, -0.2) is 9.18 Å². The summed E-state index contributed by atoms with van der Waals surface area (Å²) in [7, 11) is 1.31. The van der Waals surface area contributed by atoms with Gasteiger partial charge in [0.25, 0.3) is 0 Å². The van der Waals surface area contributed by atoms with Gasteiger partial charge in [-0.05, 0) is 42.4 Å². The predicted octanol–water partition coefficient (Wildman–Crippen LogP) is 2.99. The highest BCUT2D eigenvalue weighted by molar-refractivity contribution is 8.13. The second-order valence-electron chi connectivity index (χ2n) is 2.47. The lowest BCUT2D eigenvalue weighted by Crippen LogP contribution is -1.92. The van der Waals surface area contributed by atoms with E-state index in [4.69, 9.17) is 0 Å². The molecule has 1 rings (SSSR count). The van der Waals surface area contributed by atoms with Gasteiger partial charge < -0.3 is 4.74 Å². The molecule has 1 aromatic rings. The Morgan fingerprint density at radius 2 is 2.23 bits per heavy atom.